The first kappa shape index (κ1) is 22.3. The van der Waals surface area contributed by atoms with Gasteiger partial charge in [0.1, 0.15) is 11.6 Å². The maximum absolute atomic E-state index is 13.8. The van der Waals surface area contributed by atoms with Crippen LogP contribution in [0.15, 0.2) is 42.5 Å². The van der Waals surface area contributed by atoms with Gasteiger partial charge >= 0.3 is 0 Å². The second kappa shape index (κ2) is 9.72. The molecule has 170 valence electrons. The molecular weight excluding hydrogens is 407 g/mol. The molecule has 1 aliphatic carbocycles. The predicted molar refractivity (Wildman–Crippen MR) is 121 cm³/mol. The van der Waals surface area contributed by atoms with Crippen LogP contribution in [0.5, 0.6) is 5.75 Å². The molecule has 2 aliphatic rings. The minimum absolute atomic E-state index is 0.0238. The Bertz CT molecular complexity index is 989. The Labute approximate surface area is 188 Å². The second-order valence-corrected chi connectivity index (χ2v) is 9.01. The van der Waals surface area contributed by atoms with Crippen LogP contribution < -0.4 is 10.1 Å². The number of piperidine rings is 1. The number of likely N-dealkylation sites (tertiary alicyclic amines) is 1. The first-order valence-electron chi connectivity index (χ1n) is 11.4. The van der Waals surface area contributed by atoms with Crippen LogP contribution in [0.3, 0.4) is 0 Å². The summed E-state index contributed by atoms with van der Waals surface area (Å²) in [6.45, 7) is 3.29. The number of hydrogen-bond donors (Lipinski definition) is 1. The molecule has 0 bridgehead atoms. The maximum Gasteiger partial charge on any atom is 0.225 e. The van der Waals surface area contributed by atoms with Crippen molar-refractivity contribution in [3.8, 4) is 5.75 Å². The number of carbonyl (C=O) groups is 2. The van der Waals surface area contributed by atoms with Gasteiger partial charge in [0.15, 0.2) is 0 Å². The van der Waals surface area contributed by atoms with Crippen LogP contribution in [0, 0.1) is 24.6 Å². The molecule has 0 spiro atoms. The number of ether oxygens (including phenoxy) is 1. The summed E-state index contributed by atoms with van der Waals surface area (Å²) < 4.78 is 19.2. The molecule has 1 heterocycles. The first-order chi connectivity index (χ1) is 15.5. The maximum atomic E-state index is 13.8. The van der Waals surface area contributed by atoms with Gasteiger partial charge in [-0.3, -0.25) is 9.59 Å². The normalized spacial score (nSPS) is 20.7. The molecule has 0 unspecified atom stereocenters. The lowest BCUT2D eigenvalue weighted by atomic mass is 9.83. The third kappa shape index (κ3) is 5.12. The molecule has 5 nitrogen and oxygen atoms in total. The van der Waals surface area contributed by atoms with Gasteiger partial charge in [-0.15, -0.1) is 0 Å². The Morgan fingerprint density at radius 1 is 1.12 bits per heavy atom. The van der Waals surface area contributed by atoms with E-state index in [1.807, 2.05) is 35.2 Å². The number of methoxy groups -OCH3 is 1. The van der Waals surface area contributed by atoms with Crippen LogP contribution >= 0.6 is 0 Å². The second-order valence-electron chi connectivity index (χ2n) is 9.01. The molecule has 1 saturated carbocycles. The monoisotopic (exact) mass is 438 g/mol. The van der Waals surface area contributed by atoms with E-state index in [2.05, 4.69) is 5.32 Å². The molecule has 1 saturated heterocycles. The highest BCUT2D eigenvalue weighted by molar-refractivity contribution is 5.83. The van der Waals surface area contributed by atoms with E-state index >= 15 is 0 Å². The van der Waals surface area contributed by atoms with E-state index in [0.717, 1.165) is 29.7 Å². The fraction of sp³-hybridized carbons (Fsp3) is 0.462. The molecular formula is C26H31FN2O3. The highest BCUT2D eigenvalue weighted by atomic mass is 19.1. The summed E-state index contributed by atoms with van der Waals surface area (Å²) in [7, 11) is 1.64. The zero-order chi connectivity index (χ0) is 22.7. The van der Waals surface area contributed by atoms with Crippen LogP contribution in [-0.4, -0.2) is 43.5 Å². The highest BCUT2D eigenvalue weighted by Crippen LogP contribution is 2.36. The van der Waals surface area contributed by atoms with Crippen molar-refractivity contribution in [3.63, 3.8) is 0 Å². The third-order valence-electron chi connectivity index (χ3n) is 6.60. The van der Waals surface area contributed by atoms with E-state index in [1.165, 1.54) is 6.07 Å². The number of nitrogens with zero attached hydrogens (tertiary/aromatic N) is 1. The molecule has 2 aromatic rings. The summed E-state index contributed by atoms with van der Waals surface area (Å²) in [6, 6.07) is 12.9. The van der Waals surface area contributed by atoms with Gasteiger partial charge in [-0.05, 0) is 61.4 Å². The Morgan fingerprint density at radius 2 is 1.91 bits per heavy atom. The molecule has 0 radical (unpaired) electrons. The predicted octanol–water partition coefficient (Wildman–Crippen LogP) is 3.84. The number of rotatable bonds is 7. The van der Waals surface area contributed by atoms with Crippen molar-refractivity contribution in [1.29, 1.82) is 0 Å². The Morgan fingerprint density at radius 3 is 2.62 bits per heavy atom. The summed E-state index contributed by atoms with van der Waals surface area (Å²) in [5, 5.41) is 3.06. The lowest BCUT2D eigenvalue weighted by Crippen LogP contribution is -2.48. The number of carbonyl (C=O) groups excluding carboxylic acids is 2. The molecule has 4 rings (SSSR count). The van der Waals surface area contributed by atoms with Crippen LogP contribution in [-0.2, 0) is 16.0 Å². The number of aryl methyl sites for hydroxylation is 1. The molecule has 1 N–H and O–H groups in total. The molecule has 2 amide bonds. The number of halogens is 1. The van der Waals surface area contributed by atoms with Crippen molar-refractivity contribution < 1.29 is 18.7 Å². The average Bonchev–Trinajstić information content (AvgIpc) is 3.66. The van der Waals surface area contributed by atoms with Crippen molar-refractivity contribution in [1.82, 2.24) is 10.2 Å². The summed E-state index contributed by atoms with van der Waals surface area (Å²) in [5.41, 5.74) is 2.62. The number of nitrogens with one attached hydrogen (secondary N) is 1. The molecule has 2 atom stereocenters. The molecule has 2 aromatic carbocycles. The van der Waals surface area contributed by atoms with E-state index in [-0.39, 0.29) is 35.4 Å². The van der Waals surface area contributed by atoms with E-state index < -0.39 is 0 Å². The van der Waals surface area contributed by atoms with Gasteiger partial charge in [-0.25, -0.2) is 4.39 Å². The fourth-order valence-corrected chi connectivity index (χ4v) is 4.60. The summed E-state index contributed by atoms with van der Waals surface area (Å²) in [5.74, 6) is 0.555. The molecule has 32 heavy (non-hydrogen) atoms. The van der Waals surface area contributed by atoms with E-state index in [4.69, 9.17) is 4.74 Å². The van der Waals surface area contributed by atoms with Gasteiger partial charge in [0.05, 0.1) is 13.0 Å². The summed E-state index contributed by atoms with van der Waals surface area (Å²) in [4.78, 5) is 27.7. The van der Waals surface area contributed by atoms with Crippen molar-refractivity contribution in [2.24, 2.45) is 11.8 Å². The fourth-order valence-electron chi connectivity index (χ4n) is 4.60. The summed E-state index contributed by atoms with van der Waals surface area (Å²) in [6.07, 6.45) is 3.20. The van der Waals surface area contributed by atoms with Gasteiger partial charge in [0.2, 0.25) is 11.8 Å². The Hall–Kier alpha value is -2.89. The lowest BCUT2D eigenvalue weighted by Gasteiger charge is -2.37. The smallest absolute Gasteiger partial charge is 0.225 e. The largest absolute Gasteiger partial charge is 0.496 e. The number of benzene rings is 2. The zero-order valence-corrected chi connectivity index (χ0v) is 18.8. The van der Waals surface area contributed by atoms with Crippen molar-refractivity contribution in [2.45, 2.75) is 38.5 Å². The molecule has 2 fully saturated rings. The lowest BCUT2D eigenvalue weighted by molar-refractivity contribution is -0.137. The zero-order valence-electron chi connectivity index (χ0n) is 18.8. The van der Waals surface area contributed by atoms with Crippen molar-refractivity contribution in [3.05, 3.63) is 65.0 Å². The standard InChI is InChI=1S/C26H31FN2O3/c1-17-13-20(9-10-23(17)27)21-14-22(16-29(15-21)26(31)19-7-8-19)25(30)28-12-11-18-5-3-4-6-24(18)32-2/h3-6,9-10,13,19,21-22H,7-8,11-12,14-16H2,1-2H3,(H,28,30)/t21-,22+/m0/s1. The highest BCUT2D eigenvalue weighted by Gasteiger charge is 2.39. The van der Waals surface area contributed by atoms with Gasteiger partial charge < -0.3 is 15.0 Å². The molecule has 0 aromatic heterocycles. The van der Waals surface area contributed by atoms with Crippen molar-refractivity contribution >= 4 is 11.8 Å². The molecule has 1 aliphatic heterocycles. The van der Waals surface area contributed by atoms with Crippen LogP contribution in [0.2, 0.25) is 0 Å². The van der Waals surface area contributed by atoms with Gasteiger partial charge in [0.25, 0.3) is 0 Å². The number of para-hydroxylation sites is 1. The van der Waals surface area contributed by atoms with E-state index in [0.29, 0.717) is 38.0 Å². The summed E-state index contributed by atoms with van der Waals surface area (Å²) >= 11 is 0. The van der Waals surface area contributed by atoms with Crippen molar-refractivity contribution in [2.75, 3.05) is 26.7 Å². The Kier molecular flexibility index (Phi) is 6.77. The van der Waals surface area contributed by atoms with E-state index in [1.54, 1.807) is 20.1 Å². The van der Waals surface area contributed by atoms with Crippen LogP contribution in [0.4, 0.5) is 4.39 Å². The van der Waals surface area contributed by atoms with Crippen LogP contribution in [0.1, 0.15) is 41.9 Å². The quantitative estimate of drug-likeness (QED) is 0.715. The molecule has 6 heteroatoms. The average molecular weight is 439 g/mol. The minimum atomic E-state index is -0.278. The first-order valence-corrected chi connectivity index (χ1v) is 11.4. The van der Waals surface area contributed by atoms with Gasteiger partial charge in [0, 0.05) is 31.5 Å². The number of amides is 2. The SMILES string of the molecule is COc1ccccc1CCNC(=O)[C@@H]1C[C@H](c2ccc(F)c(C)c2)CN(C(=O)C2CC2)C1. The van der Waals surface area contributed by atoms with Crippen LogP contribution in [0.25, 0.3) is 0 Å². The van der Waals surface area contributed by atoms with Gasteiger partial charge in [-0.2, -0.15) is 0 Å². The number of hydrogen-bond acceptors (Lipinski definition) is 3. The third-order valence-corrected chi connectivity index (χ3v) is 6.60. The minimum Gasteiger partial charge on any atom is -0.496 e. The van der Waals surface area contributed by atoms with Gasteiger partial charge in [-0.1, -0.05) is 30.3 Å². The Balaban J connectivity index is 1.43. The van der Waals surface area contributed by atoms with E-state index in [9.17, 15) is 14.0 Å². The topological polar surface area (TPSA) is 58.6 Å².